The molecular weight excluding hydrogens is 480 g/mol. The van der Waals surface area contributed by atoms with Crippen LogP contribution in [0.1, 0.15) is 22.5 Å². The highest BCUT2D eigenvalue weighted by molar-refractivity contribution is 9.10. The summed E-state index contributed by atoms with van der Waals surface area (Å²) in [6.07, 6.45) is 1.49. The van der Waals surface area contributed by atoms with Crippen molar-refractivity contribution in [3.63, 3.8) is 0 Å². The van der Waals surface area contributed by atoms with Gasteiger partial charge in [0.1, 0.15) is 5.76 Å². The quantitative estimate of drug-likeness (QED) is 0.408. The molecule has 6 nitrogen and oxygen atoms in total. The second-order valence-corrected chi connectivity index (χ2v) is 10.3. The predicted octanol–water partition coefficient (Wildman–Crippen LogP) is 4.89. The van der Waals surface area contributed by atoms with Crippen LogP contribution >= 0.6 is 15.9 Å². The third-order valence-electron chi connectivity index (χ3n) is 5.34. The van der Waals surface area contributed by atoms with Crippen LogP contribution in [-0.4, -0.2) is 17.7 Å². The average Bonchev–Trinajstić information content (AvgIpc) is 3.25. The normalized spacial score (nSPS) is 12.0. The number of nitrogens with zero attached hydrogens (tertiary/aromatic N) is 1. The van der Waals surface area contributed by atoms with E-state index < -0.39 is 10.0 Å². The van der Waals surface area contributed by atoms with E-state index in [0.29, 0.717) is 11.3 Å². The highest BCUT2D eigenvalue weighted by Crippen LogP contribution is 2.24. The van der Waals surface area contributed by atoms with Gasteiger partial charge >= 0.3 is 0 Å². The Bertz CT molecular complexity index is 1390. The monoisotopic (exact) mass is 500 g/mol. The zero-order valence-corrected chi connectivity index (χ0v) is 19.5. The minimum atomic E-state index is -3.88. The summed E-state index contributed by atoms with van der Waals surface area (Å²) in [6.45, 7) is 3.86. The van der Waals surface area contributed by atoms with Gasteiger partial charge in [0.25, 0.3) is 5.56 Å². The van der Waals surface area contributed by atoms with E-state index in [9.17, 15) is 13.2 Å². The number of sulfonamides is 1. The average molecular weight is 501 g/mol. The lowest BCUT2D eigenvalue weighted by atomic mass is 10.0. The summed E-state index contributed by atoms with van der Waals surface area (Å²) in [7, 11) is -3.88. The van der Waals surface area contributed by atoms with Crippen LogP contribution in [0.3, 0.4) is 0 Å². The van der Waals surface area contributed by atoms with Crippen LogP contribution in [0.5, 0.6) is 0 Å². The van der Waals surface area contributed by atoms with Crippen LogP contribution in [-0.2, 0) is 23.1 Å². The summed E-state index contributed by atoms with van der Waals surface area (Å²) in [5.74, 6) is 0.490. The number of rotatable bonds is 6. The topological polar surface area (TPSA) is 83.4 Å². The van der Waals surface area contributed by atoms with Crippen molar-refractivity contribution >= 4 is 36.9 Å². The van der Waals surface area contributed by atoms with Crippen molar-refractivity contribution < 1.29 is 12.8 Å². The summed E-state index contributed by atoms with van der Waals surface area (Å²) in [4.78, 5) is 15.9. The standard InChI is InChI=1S/C23H21BrN2O4S/c1-15-5-6-17-12-18(23(27)25-22(17)16(15)2)13-26(14-20-4-3-11-30-20)31(28,29)21-9-7-19(24)8-10-21/h3-12H,13-14H2,1-2H3,(H,25,27). The highest BCUT2D eigenvalue weighted by atomic mass is 79.9. The number of hydrogen-bond donors (Lipinski definition) is 1. The molecule has 0 radical (unpaired) electrons. The van der Waals surface area contributed by atoms with Gasteiger partial charge in [-0.15, -0.1) is 0 Å². The fourth-order valence-electron chi connectivity index (χ4n) is 3.44. The van der Waals surface area contributed by atoms with Crippen LogP contribution in [0.2, 0.25) is 0 Å². The lowest BCUT2D eigenvalue weighted by Crippen LogP contribution is -2.32. The molecule has 4 aromatic rings. The lowest BCUT2D eigenvalue weighted by Gasteiger charge is -2.21. The van der Waals surface area contributed by atoms with Crippen LogP contribution in [0.25, 0.3) is 10.9 Å². The fourth-order valence-corrected chi connectivity index (χ4v) is 5.08. The maximum atomic E-state index is 13.4. The third-order valence-corrected chi connectivity index (χ3v) is 7.67. The first-order valence-electron chi connectivity index (χ1n) is 9.66. The number of halogens is 1. The molecule has 0 amide bonds. The predicted molar refractivity (Wildman–Crippen MR) is 123 cm³/mol. The molecular formula is C23H21BrN2O4S. The summed E-state index contributed by atoms with van der Waals surface area (Å²) < 4.78 is 34.2. The largest absolute Gasteiger partial charge is 0.468 e. The van der Waals surface area contributed by atoms with Crippen molar-refractivity contribution in [1.82, 2.24) is 9.29 Å². The maximum Gasteiger partial charge on any atom is 0.252 e. The number of pyridine rings is 1. The number of nitrogens with one attached hydrogen (secondary N) is 1. The number of aromatic nitrogens is 1. The number of aryl methyl sites for hydroxylation is 2. The molecule has 1 N–H and O–H groups in total. The Hall–Kier alpha value is -2.68. The smallest absolute Gasteiger partial charge is 0.252 e. The van der Waals surface area contributed by atoms with E-state index in [2.05, 4.69) is 20.9 Å². The van der Waals surface area contributed by atoms with Crippen LogP contribution in [0, 0.1) is 13.8 Å². The van der Waals surface area contributed by atoms with Gasteiger partial charge in [-0.05, 0) is 72.8 Å². The van der Waals surface area contributed by atoms with E-state index in [4.69, 9.17) is 4.42 Å². The Morgan fingerprint density at radius 2 is 1.77 bits per heavy atom. The van der Waals surface area contributed by atoms with Crippen molar-refractivity contribution in [3.8, 4) is 0 Å². The van der Waals surface area contributed by atoms with E-state index in [1.807, 2.05) is 26.0 Å². The molecule has 0 saturated carbocycles. The molecule has 31 heavy (non-hydrogen) atoms. The van der Waals surface area contributed by atoms with E-state index in [1.54, 1.807) is 30.3 Å². The molecule has 0 fully saturated rings. The number of benzene rings is 2. The fraction of sp³-hybridized carbons (Fsp3) is 0.174. The highest BCUT2D eigenvalue weighted by Gasteiger charge is 2.27. The molecule has 2 aromatic carbocycles. The zero-order chi connectivity index (χ0) is 22.2. The van der Waals surface area contributed by atoms with Crippen LogP contribution in [0.4, 0.5) is 0 Å². The molecule has 0 aliphatic heterocycles. The van der Waals surface area contributed by atoms with Gasteiger partial charge in [-0.25, -0.2) is 8.42 Å². The molecule has 2 aromatic heterocycles. The molecule has 0 aliphatic rings. The Balaban J connectivity index is 1.78. The number of hydrogen-bond acceptors (Lipinski definition) is 4. The SMILES string of the molecule is Cc1ccc2cc(CN(Cc3ccco3)S(=O)(=O)c3ccc(Br)cc3)c(=O)[nH]c2c1C. The first-order valence-corrected chi connectivity index (χ1v) is 11.9. The zero-order valence-electron chi connectivity index (χ0n) is 17.1. The van der Waals surface area contributed by atoms with E-state index in [-0.39, 0.29) is 23.5 Å². The molecule has 0 spiro atoms. The number of furan rings is 1. The summed E-state index contributed by atoms with van der Waals surface area (Å²) in [5, 5.41) is 0.858. The Kier molecular flexibility index (Phi) is 5.88. The van der Waals surface area contributed by atoms with Gasteiger partial charge in [-0.2, -0.15) is 4.31 Å². The van der Waals surface area contributed by atoms with Gasteiger partial charge in [0.05, 0.1) is 23.2 Å². The Labute approximate surface area is 188 Å². The van der Waals surface area contributed by atoms with Gasteiger partial charge in [0.2, 0.25) is 10.0 Å². The summed E-state index contributed by atoms with van der Waals surface area (Å²) in [5.41, 5.74) is 2.89. The second kappa shape index (κ2) is 8.45. The van der Waals surface area contributed by atoms with E-state index in [1.165, 1.54) is 22.7 Å². The van der Waals surface area contributed by atoms with Crippen molar-refractivity contribution in [2.75, 3.05) is 0 Å². The summed E-state index contributed by atoms with van der Waals surface area (Å²) >= 11 is 3.33. The molecule has 0 aliphatic carbocycles. The van der Waals surface area contributed by atoms with Gasteiger partial charge in [0.15, 0.2) is 0 Å². The van der Waals surface area contributed by atoms with Crippen molar-refractivity contribution in [2.45, 2.75) is 31.8 Å². The summed E-state index contributed by atoms with van der Waals surface area (Å²) in [6, 6.07) is 15.5. The van der Waals surface area contributed by atoms with Gasteiger partial charge in [-0.3, -0.25) is 4.79 Å². The Morgan fingerprint density at radius 1 is 1.03 bits per heavy atom. The first kappa shape index (κ1) is 21.5. The maximum absolute atomic E-state index is 13.4. The minimum Gasteiger partial charge on any atom is -0.468 e. The number of aromatic amines is 1. The molecule has 4 rings (SSSR count). The van der Waals surface area contributed by atoms with Crippen molar-refractivity contribution in [2.24, 2.45) is 0 Å². The van der Waals surface area contributed by atoms with Crippen LogP contribution < -0.4 is 5.56 Å². The van der Waals surface area contributed by atoms with Gasteiger partial charge in [0, 0.05) is 16.6 Å². The van der Waals surface area contributed by atoms with Gasteiger partial charge < -0.3 is 9.40 Å². The van der Waals surface area contributed by atoms with Crippen molar-refractivity contribution in [3.05, 3.63) is 98.1 Å². The lowest BCUT2D eigenvalue weighted by molar-refractivity contribution is 0.357. The van der Waals surface area contributed by atoms with Crippen molar-refractivity contribution in [1.29, 1.82) is 0 Å². The molecule has 2 heterocycles. The molecule has 0 unspecified atom stereocenters. The molecule has 8 heteroatoms. The number of H-pyrrole nitrogens is 1. The molecule has 160 valence electrons. The first-order chi connectivity index (χ1) is 14.8. The van der Waals surface area contributed by atoms with Crippen LogP contribution in [0.15, 0.2) is 79.4 Å². The van der Waals surface area contributed by atoms with E-state index >= 15 is 0 Å². The Morgan fingerprint density at radius 3 is 2.45 bits per heavy atom. The van der Waals surface area contributed by atoms with Gasteiger partial charge in [-0.1, -0.05) is 28.1 Å². The number of fused-ring (bicyclic) bond motifs is 1. The second-order valence-electron chi connectivity index (χ2n) is 7.40. The third kappa shape index (κ3) is 4.37. The van der Waals surface area contributed by atoms with E-state index in [0.717, 1.165) is 26.5 Å². The molecule has 0 atom stereocenters. The molecule has 0 bridgehead atoms. The minimum absolute atomic E-state index is 0.00972. The molecule has 0 saturated heterocycles.